The molecule has 0 radical (unpaired) electrons. The van der Waals surface area contributed by atoms with E-state index in [9.17, 15) is 14.7 Å². The smallest absolute Gasteiger partial charge is 0.306 e. The molecule has 0 aliphatic rings. The highest BCUT2D eigenvalue weighted by molar-refractivity contribution is 5.94. The maximum atomic E-state index is 11.8. The Morgan fingerprint density at radius 2 is 2.21 bits per heavy atom. The number of amides is 1. The Morgan fingerprint density at radius 3 is 2.79 bits per heavy atom. The highest BCUT2D eigenvalue weighted by Crippen LogP contribution is 2.08. The van der Waals surface area contributed by atoms with E-state index in [0.717, 1.165) is 0 Å². The molecule has 0 aliphatic carbocycles. The van der Waals surface area contributed by atoms with Crippen LogP contribution in [0.2, 0.25) is 0 Å². The van der Waals surface area contributed by atoms with Crippen molar-refractivity contribution in [2.75, 3.05) is 6.54 Å². The van der Waals surface area contributed by atoms with Crippen LogP contribution in [0, 0.1) is 0 Å². The van der Waals surface area contributed by atoms with Gasteiger partial charge in [0.15, 0.2) is 0 Å². The SMILES string of the molecule is CC(O)(CNC(=O)c1ccnc(CN)c1)CC(=O)O. The normalized spacial score (nSPS) is 13.6. The highest BCUT2D eigenvalue weighted by atomic mass is 16.4. The third-order valence-electron chi connectivity index (χ3n) is 2.45. The second-order valence-electron chi connectivity index (χ2n) is 4.49. The number of hydrogen-bond donors (Lipinski definition) is 4. The van der Waals surface area contributed by atoms with Crippen LogP contribution in [0.3, 0.4) is 0 Å². The van der Waals surface area contributed by atoms with Crippen LogP contribution in [0.1, 0.15) is 29.4 Å². The highest BCUT2D eigenvalue weighted by Gasteiger charge is 2.25. The second-order valence-corrected chi connectivity index (χ2v) is 4.49. The van der Waals surface area contributed by atoms with E-state index in [0.29, 0.717) is 11.3 Å². The molecule has 1 heterocycles. The number of nitrogens with two attached hydrogens (primary N) is 1. The number of hydrogen-bond acceptors (Lipinski definition) is 5. The molecule has 1 rings (SSSR count). The van der Waals surface area contributed by atoms with Gasteiger partial charge in [-0.25, -0.2) is 0 Å². The summed E-state index contributed by atoms with van der Waals surface area (Å²) in [5, 5.41) is 20.8. The van der Waals surface area contributed by atoms with Crippen molar-refractivity contribution in [2.24, 2.45) is 5.73 Å². The van der Waals surface area contributed by atoms with Crippen molar-refractivity contribution in [3.8, 4) is 0 Å². The molecule has 0 spiro atoms. The van der Waals surface area contributed by atoms with Crippen LogP contribution >= 0.6 is 0 Å². The fraction of sp³-hybridized carbons (Fsp3) is 0.417. The first-order chi connectivity index (χ1) is 8.84. The first-order valence-electron chi connectivity index (χ1n) is 5.71. The molecule has 0 bridgehead atoms. The van der Waals surface area contributed by atoms with Crippen molar-refractivity contribution in [3.63, 3.8) is 0 Å². The average Bonchev–Trinajstić information content (AvgIpc) is 2.34. The maximum absolute atomic E-state index is 11.8. The Morgan fingerprint density at radius 1 is 1.53 bits per heavy atom. The first-order valence-corrected chi connectivity index (χ1v) is 5.71. The number of nitrogens with zero attached hydrogens (tertiary/aromatic N) is 1. The topological polar surface area (TPSA) is 126 Å². The van der Waals surface area contributed by atoms with Crippen molar-refractivity contribution >= 4 is 11.9 Å². The van der Waals surface area contributed by atoms with Crippen LogP contribution < -0.4 is 11.1 Å². The van der Waals surface area contributed by atoms with Gasteiger partial charge in [0.2, 0.25) is 0 Å². The van der Waals surface area contributed by atoms with E-state index in [-0.39, 0.29) is 13.1 Å². The summed E-state index contributed by atoms with van der Waals surface area (Å²) >= 11 is 0. The van der Waals surface area contributed by atoms with E-state index in [2.05, 4.69) is 10.3 Å². The van der Waals surface area contributed by atoms with Crippen molar-refractivity contribution in [2.45, 2.75) is 25.5 Å². The van der Waals surface area contributed by atoms with Gasteiger partial charge in [0.25, 0.3) is 5.91 Å². The Hall–Kier alpha value is -1.99. The Labute approximate surface area is 110 Å². The zero-order valence-electron chi connectivity index (χ0n) is 10.6. The molecule has 7 nitrogen and oxygen atoms in total. The first kappa shape index (κ1) is 15.1. The predicted molar refractivity (Wildman–Crippen MR) is 67.3 cm³/mol. The number of rotatable bonds is 6. The Kier molecular flexibility index (Phi) is 4.96. The van der Waals surface area contributed by atoms with Crippen molar-refractivity contribution in [3.05, 3.63) is 29.6 Å². The van der Waals surface area contributed by atoms with E-state index < -0.39 is 23.9 Å². The van der Waals surface area contributed by atoms with Gasteiger partial charge in [-0.15, -0.1) is 0 Å². The molecule has 0 saturated heterocycles. The summed E-state index contributed by atoms with van der Waals surface area (Å²) in [6, 6.07) is 3.06. The molecule has 104 valence electrons. The molecule has 7 heteroatoms. The van der Waals surface area contributed by atoms with E-state index in [1.807, 2.05) is 0 Å². The third kappa shape index (κ3) is 5.02. The van der Waals surface area contributed by atoms with Gasteiger partial charge in [0.1, 0.15) is 0 Å². The fourth-order valence-electron chi connectivity index (χ4n) is 1.49. The van der Waals surface area contributed by atoms with E-state index in [4.69, 9.17) is 10.8 Å². The maximum Gasteiger partial charge on any atom is 0.306 e. The Bertz CT molecular complexity index is 474. The van der Waals surface area contributed by atoms with Crippen LogP contribution in [0.25, 0.3) is 0 Å². The standard InChI is InChI=1S/C12H17N3O4/c1-12(19,5-10(16)17)7-15-11(18)8-2-3-14-9(4-8)6-13/h2-4,19H,5-7,13H2,1H3,(H,15,18)(H,16,17). The molecule has 5 N–H and O–H groups in total. The minimum Gasteiger partial charge on any atom is -0.481 e. The van der Waals surface area contributed by atoms with Crippen LogP contribution in [0.15, 0.2) is 18.3 Å². The number of pyridine rings is 1. The quantitative estimate of drug-likeness (QED) is 0.550. The summed E-state index contributed by atoms with van der Waals surface area (Å²) in [4.78, 5) is 26.3. The lowest BCUT2D eigenvalue weighted by Crippen LogP contribution is -2.42. The molecule has 0 fully saturated rings. The third-order valence-corrected chi connectivity index (χ3v) is 2.45. The monoisotopic (exact) mass is 267 g/mol. The van der Waals surface area contributed by atoms with Crippen molar-refractivity contribution in [1.29, 1.82) is 0 Å². The zero-order valence-corrected chi connectivity index (χ0v) is 10.6. The van der Waals surface area contributed by atoms with Gasteiger partial charge >= 0.3 is 5.97 Å². The van der Waals surface area contributed by atoms with Crippen LogP contribution in [-0.4, -0.2) is 39.2 Å². The number of carbonyl (C=O) groups is 2. The molecular weight excluding hydrogens is 250 g/mol. The largest absolute Gasteiger partial charge is 0.481 e. The van der Waals surface area contributed by atoms with Crippen LogP contribution in [0.5, 0.6) is 0 Å². The molecule has 1 aromatic heterocycles. The molecule has 1 amide bonds. The van der Waals surface area contributed by atoms with E-state index in [1.165, 1.54) is 19.2 Å². The Balaban J connectivity index is 2.62. The zero-order chi connectivity index (χ0) is 14.5. The minimum atomic E-state index is -1.49. The molecular formula is C12H17N3O4. The lowest BCUT2D eigenvalue weighted by Gasteiger charge is -2.21. The van der Waals surface area contributed by atoms with Gasteiger partial charge < -0.3 is 21.3 Å². The predicted octanol–water partition coefficient (Wildman–Crippen LogP) is -0.504. The summed E-state index contributed by atoms with van der Waals surface area (Å²) in [5.41, 5.74) is 4.86. The molecule has 19 heavy (non-hydrogen) atoms. The summed E-state index contributed by atoms with van der Waals surface area (Å²) in [5.74, 6) is -1.55. The molecule has 0 aliphatic heterocycles. The van der Waals surface area contributed by atoms with E-state index in [1.54, 1.807) is 6.07 Å². The lowest BCUT2D eigenvalue weighted by molar-refractivity contribution is -0.141. The lowest BCUT2D eigenvalue weighted by atomic mass is 10.0. The minimum absolute atomic E-state index is 0.154. The van der Waals surface area contributed by atoms with Crippen molar-refractivity contribution in [1.82, 2.24) is 10.3 Å². The molecule has 1 atom stereocenters. The van der Waals surface area contributed by atoms with Crippen LogP contribution in [-0.2, 0) is 11.3 Å². The summed E-state index contributed by atoms with van der Waals surface area (Å²) < 4.78 is 0. The number of carboxylic acids is 1. The number of nitrogens with one attached hydrogen (secondary N) is 1. The molecule has 1 unspecified atom stereocenters. The summed E-state index contributed by atoms with van der Waals surface area (Å²) in [6.45, 7) is 1.41. The number of aliphatic carboxylic acids is 1. The number of aromatic nitrogens is 1. The van der Waals surface area contributed by atoms with Gasteiger partial charge in [0.05, 0.1) is 17.7 Å². The number of carboxylic acid groups (broad SMARTS) is 1. The molecule has 0 saturated carbocycles. The fourth-order valence-corrected chi connectivity index (χ4v) is 1.49. The van der Waals surface area contributed by atoms with Gasteiger partial charge in [-0.1, -0.05) is 0 Å². The number of aliphatic hydroxyl groups is 1. The van der Waals surface area contributed by atoms with Crippen molar-refractivity contribution < 1.29 is 19.8 Å². The van der Waals surface area contributed by atoms with Gasteiger partial charge in [-0.3, -0.25) is 14.6 Å². The van der Waals surface area contributed by atoms with Gasteiger partial charge in [0, 0.05) is 24.8 Å². The van der Waals surface area contributed by atoms with Gasteiger partial charge in [-0.2, -0.15) is 0 Å². The summed E-state index contributed by atoms with van der Waals surface area (Å²) in [6.07, 6.45) is 1.02. The summed E-state index contributed by atoms with van der Waals surface area (Å²) in [7, 11) is 0. The second kappa shape index (κ2) is 6.26. The molecule has 1 aromatic rings. The average molecular weight is 267 g/mol. The van der Waals surface area contributed by atoms with Crippen LogP contribution in [0.4, 0.5) is 0 Å². The molecule has 0 aromatic carbocycles. The van der Waals surface area contributed by atoms with Gasteiger partial charge in [-0.05, 0) is 19.1 Å². The number of carbonyl (C=O) groups excluding carboxylic acids is 1. The van der Waals surface area contributed by atoms with E-state index >= 15 is 0 Å².